The molecule has 1 atom stereocenters. The largest absolute Gasteiger partial charge is 0.466 e. The van der Waals surface area contributed by atoms with Crippen molar-refractivity contribution in [2.45, 2.75) is 84.7 Å². The Kier molecular flexibility index (Phi) is 12.3. The fourth-order valence-electron chi connectivity index (χ4n) is 1.80. The monoisotopic (exact) mass is 286 g/mol. The highest BCUT2D eigenvalue weighted by Gasteiger charge is 2.10. The highest BCUT2D eigenvalue weighted by Crippen LogP contribution is 2.08. The van der Waals surface area contributed by atoms with E-state index in [0.29, 0.717) is 25.9 Å². The fourth-order valence-corrected chi connectivity index (χ4v) is 1.80. The summed E-state index contributed by atoms with van der Waals surface area (Å²) in [5.74, 6) is -0.433. The molecule has 0 aliphatic heterocycles. The van der Waals surface area contributed by atoms with Gasteiger partial charge >= 0.3 is 11.9 Å². The highest BCUT2D eigenvalue weighted by molar-refractivity contribution is 5.72. The van der Waals surface area contributed by atoms with Crippen LogP contribution in [0.15, 0.2) is 0 Å². The van der Waals surface area contributed by atoms with Gasteiger partial charge in [0.25, 0.3) is 0 Å². The second-order valence-corrected chi connectivity index (χ2v) is 5.22. The van der Waals surface area contributed by atoms with Gasteiger partial charge < -0.3 is 9.47 Å². The molecule has 0 aliphatic carbocycles. The van der Waals surface area contributed by atoms with Crippen molar-refractivity contribution in [1.82, 2.24) is 0 Å². The second-order valence-electron chi connectivity index (χ2n) is 5.22. The summed E-state index contributed by atoms with van der Waals surface area (Å²) in [6.45, 7) is 6.60. The fraction of sp³-hybridized carbons (Fsp3) is 0.875. The first-order valence-corrected chi connectivity index (χ1v) is 7.95. The molecule has 0 rings (SSSR count). The van der Waals surface area contributed by atoms with E-state index in [1.165, 1.54) is 12.8 Å². The zero-order valence-electron chi connectivity index (χ0n) is 13.3. The summed E-state index contributed by atoms with van der Waals surface area (Å²) in [5, 5.41) is 0. The number of ether oxygens (including phenoxy) is 2. The van der Waals surface area contributed by atoms with Crippen molar-refractivity contribution in [2.24, 2.45) is 0 Å². The van der Waals surface area contributed by atoms with Crippen LogP contribution >= 0.6 is 0 Å². The molecule has 0 saturated heterocycles. The highest BCUT2D eigenvalue weighted by atomic mass is 16.5. The van der Waals surface area contributed by atoms with Crippen molar-refractivity contribution in [2.75, 3.05) is 6.61 Å². The molecule has 0 heterocycles. The lowest BCUT2D eigenvalue weighted by molar-refractivity contribution is -0.149. The van der Waals surface area contributed by atoms with Gasteiger partial charge in [-0.25, -0.2) is 0 Å². The predicted molar refractivity (Wildman–Crippen MR) is 79.4 cm³/mol. The minimum Gasteiger partial charge on any atom is -0.466 e. The molecule has 0 aromatic rings. The molecular weight excluding hydrogens is 256 g/mol. The average molecular weight is 286 g/mol. The molecule has 20 heavy (non-hydrogen) atoms. The van der Waals surface area contributed by atoms with Crippen LogP contribution in [0, 0.1) is 0 Å². The van der Waals surface area contributed by atoms with Gasteiger partial charge in [-0.2, -0.15) is 0 Å². The number of esters is 2. The van der Waals surface area contributed by atoms with E-state index in [1.807, 2.05) is 13.8 Å². The van der Waals surface area contributed by atoms with Crippen LogP contribution < -0.4 is 0 Å². The lowest BCUT2D eigenvalue weighted by atomic mass is 10.1. The summed E-state index contributed by atoms with van der Waals surface area (Å²) in [6, 6.07) is 0. The van der Waals surface area contributed by atoms with Crippen LogP contribution in [-0.4, -0.2) is 24.6 Å². The molecule has 4 nitrogen and oxygen atoms in total. The van der Waals surface area contributed by atoms with E-state index in [1.54, 1.807) is 0 Å². The van der Waals surface area contributed by atoms with Crippen molar-refractivity contribution in [3.05, 3.63) is 0 Å². The molecule has 0 spiro atoms. The molecule has 0 aliphatic rings. The number of hydrogen-bond acceptors (Lipinski definition) is 4. The average Bonchev–Trinajstić information content (AvgIpc) is 2.39. The van der Waals surface area contributed by atoms with Gasteiger partial charge in [0.2, 0.25) is 0 Å². The van der Waals surface area contributed by atoms with Gasteiger partial charge in [0, 0.05) is 12.8 Å². The first kappa shape index (κ1) is 18.9. The zero-order chi connectivity index (χ0) is 15.2. The SMILES string of the molecule is CCCCCC(C)OC(=O)CCCC(=O)OCCCC. The van der Waals surface area contributed by atoms with Crippen LogP contribution in [0.3, 0.4) is 0 Å². The van der Waals surface area contributed by atoms with Crippen LogP contribution in [0.4, 0.5) is 0 Å². The van der Waals surface area contributed by atoms with Gasteiger partial charge in [0.05, 0.1) is 12.7 Å². The third-order valence-corrected chi connectivity index (χ3v) is 3.07. The Labute approximate surface area is 123 Å². The quantitative estimate of drug-likeness (QED) is 0.402. The number of hydrogen-bond donors (Lipinski definition) is 0. The van der Waals surface area contributed by atoms with Crippen LogP contribution in [-0.2, 0) is 19.1 Å². The smallest absolute Gasteiger partial charge is 0.306 e. The predicted octanol–water partition coefficient (Wildman–Crippen LogP) is 4.01. The van der Waals surface area contributed by atoms with E-state index in [2.05, 4.69) is 6.92 Å². The molecule has 118 valence electrons. The lowest BCUT2D eigenvalue weighted by Gasteiger charge is -2.12. The molecule has 0 aromatic carbocycles. The Morgan fingerprint density at radius 2 is 1.55 bits per heavy atom. The molecule has 4 heteroatoms. The molecule has 0 aromatic heterocycles. The molecule has 0 amide bonds. The summed E-state index contributed by atoms with van der Waals surface area (Å²) in [7, 11) is 0. The van der Waals surface area contributed by atoms with Gasteiger partial charge in [-0.1, -0.05) is 33.1 Å². The van der Waals surface area contributed by atoms with Crippen LogP contribution in [0.5, 0.6) is 0 Å². The maximum Gasteiger partial charge on any atom is 0.306 e. The molecule has 0 bridgehead atoms. The summed E-state index contributed by atoms with van der Waals surface area (Å²) >= 11 is 0. The van der Waals surface area contributed by atoms with E-state index in [0.717, 1.165) is 25.7 Å². The Morgan fingerprint density at radius 1 is 0.900 bits per heavy atom. The topological polar surface area (TPSA) is 52.6 Å². The van der Waals surface area contributed by atoms with Crippen LogP contribution in [0.2, 0.25) is 0 Å². The lowest BCUT2D eigenvalue weighted by Crippen LogP contribution is -2.15. The molecule has 0 fully saturated rings. The Morgan fingerprint density at radius 3 is 2.20 bits per heavy atom. The maximum absolute atomic E-state index is 11.6. The van der Waals surface area contributed by atoms with Crippen LogP contribution in [0.25, 0.3) is 0 Å². The van der Waals surface area contributed by atoms with Gasteiger partial charge in [-0.05, 0) is 32.6 Å². The summed E-state index contributed by atoms with van der Waals surface area (Å²) in [4.78, 5) is 22.9. The normalized spacial score (nSPS) is 11.9. The van der Waals surface area contributed by atoms with Gasteiger partial charge in [-0.3, -0.25) is 9.59 Å². The standard InChI is InChI=1S/C16H30O4/c1-4-6-8-10-14(3)20-16(18)12-9-11-15(17)19-13-7-5-2/h14H,4-13H2,1-3H3. The Balaban J connectivity index is 3.54. The van der Waals surface area contributed by atoms with E-state index in [4.69, 9.17) is 9.47 Å². The summed E-state index contributed by atoms with van der Waals surface area (Å²) in [5.41, 5.74) is 0. The van der Waals surface area contributed by atoms with E-state index in [-0.39, 0.29) is 18.0 Å². The van der Waals surface area contributed by atoms with Crippen molar-refractivity contribution >= 4 is 11.9 Å². The minimum atomic E-state index is -0.220. The second kappa shape index (κ2) is 12.9. The Hall–Kier alpha value is -1.06. The molecular formula is C16H30O4. The van der Waals surface area contributed by atoms with Crippen molar-refractivity contribution < 1.29 is 19.1 Å². The number of unbranched alkanes of at least 4 members (excludes halogenated alkanes) is 3. The first-order valence-electron chi connectivity index (χ1n) is 7.95. The van der Waals surface area contributed by atoms with E-state index < -0.39 is 0 Å². The van der Waals surface area contributed by atoms with Crippen LogP contribution in [0.1, 0.15) is 78.6 Å². The molecule has 0 N–H and O–H groups in total. The first-order chi connectivity index (χ1) is 9.60. The zero-order valence-corrected chi connectivity index (χ0v) is 13.3. The van der Waals surface area contributed by atoms with Crippen molar-refractivity contribution in [3.8, 4) is 0 Å². The molecule has 1 unspecified atom stereocenters. The molecule has 0 radical (unpaired) electrons. The third kappa shape index (κ3) is 12.0. The van der Waals surface area contributed by atoms with Crippen molar-refractivity contribution in [1.29, 1.82) is 0 Å². The molecule has 0 saturated carbocycles. The van der Waals surface area contributed by atoms with Gasteiger partial charge in [0.1, 0.15) is 0 Å². The number of carbonyl (C=O) groups excluding carboxylic acids is 2. The third-order valence-electron chi connectivity index (χ3n) is 3.07. The van der Waals surface area contributed by atoms with Gasteiger partial charge in [0.15, 0.2) is 0 Å². The van der Waals surface area contributed by atoms with Crippen molar-refractivity contribution in [3.63, 3.8) is 0 Å². The van der Waals surface area contributed by atoms with Gasteiger partial charge in [-0.15, -0.1) is 0 Å². The van der Waals surface area contributed by atoms with E-state index in [9.17, 15) is 9.59 Å². The van der Waals surface area contributed by atoms with E-state index >= 15 is 0 Å². The number of rotatable bonds is 12. The minimum absolute atomic E-state index is 0.0226. The summed E-state index contributed by atoms with van der Waals surface area (Å²) in [6.07, 6.45) is 7.32. The summed E-state index contributed by atoms with van der Waals surface area (Å²) < 4.78 is 10.3. The number of carbonyl (C=O) groups is 2. The Bertz CT molecular complexity index is 263. The maximum atomic E-state index is 11.6.